The molecule has 2 rings (SSSR count). The van der Waals surface area contributed by atoms with E-state index in [1.807, 2.05) is 31.3 Å². The third-order valence-electron chi connectivity index (χ3n) is 4.50. The summed E-state index contributed by atoms with van der Waals surface area (Å²) in [6.07, 6.45) is 4.16. The van der Waals surface area contributed by atoms with Gasteiger partial charge in [0.25, 0.3) is 0 Å². The second kappa shape index (κ2) is 8.03. The molecule has 1 aromatic rings. The summed E-state index contributed by atoms with van der Waals surface area (Å²) >= 11 is 0. The largest absolute Gasteiger partial charge is 0.396 e. The molecule has 5 nitrogen and oxygen atoms in total. The van der Waals surface area contributed by atoms with E-state index in [1.54, 1.807) is 0 Å². The van der Waals surface area contributed by atoms with Crippen molar-refractivity contribution < 1.29 is 9.90 Å². The van der Waals surface area contributed by atoms with Gasteiger partial charge in [-0.25, -0.2) is 4.79 Å². The molecule has 0 heterocycles. The molecule has 1 aliphatic carbocycles. The Balaban J connectivity index is 2.00. The lowest BCUT2D eigenvalue weighted by Gasteiger charge is -2.31. The maximum atomic E-state index is 12.3. The summed E-state index contributed by atoms with van der Waals surface area (Å²) in [5, 5.41) is 15.4. The number of nitrogens with one attached hydrogen (secondary N) is 2. The zero-order chi connectivity index (χ0) is 15.9. The maximum Gasteiger partial charge on any atom is 0.319 e. The van der Waals surface area contributed by atoms with Gasteiger partial charge in [0.15, 0.2) is 0 Å². The molecular weight excluding hydrogens is 278 g/mol. The predicted molar refractivity (Wildman–Crippen MR) is 90.4 cm³/mol. The molecule has 0 bridgehead atoms. The van der Waals surface area contributed by atoms with Crippen LogP contribution in [0.3, 0.4) is 0 Å². The topological polar surface area (TPSA) is 64.6 Å². The van der Waals surface area contributed by atoms with E-state index in [1.165, 1.54) is 0 Å². The number of aliphatic hydroxyl groups is 1. The first-order valence-corrected chi connectivity index (χ1v) is 8.14. The average Bonchev–Trinajstić information content (AvgIpc) is 2.55. The molecule has 22 heavy (non-hydrogen) atoms. The molecular formula is C17H27N3O2. The van der Waals surface area contributed by atoms with Gasteiger partial charge in [-0.3, -0.25) is 0 Å². The van der Waals surface area contributed by atoms with Gasteiger partial charge in [-0.15, -0.1) is 0 Å². The number of hydrogen-bond donors (Lipinski definition) is 3. The Labute approximate surface area is 132 Å². The van der Waals surface area contributed by atoms with Gasteiger partial charge in [-0.2, -0.15) is 0 Å². The molecule has 0 saturated heterocycles. The molecule has 5 heteroatoms. The Morgan fingerprint density at radius 1 is 1.32 bits per heavy atom. The summed E-state index contributed by atoms with van der Waals surface area (Å²) in [7, 11) is 2.00. The molecule has 0 aliphatic heterocycles. The predicted octanol–water partition coefficient (Wildman–Crippen LogP) is 2.82. The minimum Gasteiger partial charge on any atom is -0.396 e. The third-order valence-corrected chi connectivity index (χ3v) is 4.50. The zero-order valence-electron chi connectivity index (χ0n) is 13.5. The van der Waals surface area contributed by atoms with Crippen molar-refractivity contribution in [2.24, 2.45) is 5.92 Å². The lowest BCUT2D eigenvalue weighted by Crippen LogP contribution is -2.45. The Morgan fingerprint density at radius 2 is 2.05 bits per heavy atom. The van der Waals surface area contributed by atoms with Gasteiger partial charge in [0.05, 0.1) is 11.4 Å². The summed E-state index contributed by atoms with van der Waals surface area (Å²) in [5.74, 6) is 0.174. The van der Waals surface area contributed by atoms with Crippen molar-refractivity contribution in [3.05, 3.63) is 24.3 Å². The van der Waals surface area contributed by atoms with Crippen LogP contribution >= 0.6 is 0 Å². The summed E-state index contributed by atoms with van der Waals surface area (Å²) in [4.78, 5) is 14.4. The number of aliphatic hydroxyl groups excluding tert-OH is 1. The first-order chi connectivity index (χ1) is 10.7. The van der Waals surface area contributed by atoms with Crippen molar-refractivity contribution in [3.8, 4) is 0 Å². The molecule has 1 aliphatic rings. The van der Waals surface area contributed by atoms with Gasteiger partial charge < -0.3 is 20.6 Å². The van der Waals surface area contributed by atoms with Gasteiger partial charge in [-0.1, -0.05) is 25.0 Å². The summed E-state index contributed by atoms with van der Waals surface area (Å²) in [6, 6.07) is 7.66. The van der Waals surface area contributed by atoms with Crippen LogP contribution < -0.4 is 15.5 Å². The monoisotopic (exact) mass is 305 g/mol. The van der Waals surface area contributed by atoms with Crippen molar-refractivity contribution >= 4 is 17.4 Å². The number of nitrogens with zero attached hydrogens (tertiary/aromatic N) is 1. The smallest absolute Gasteiger partial charge is 0.319 e. The highest BCUT2D eigenvalue weighted by Gasteiger charge is 2.26. The van der Waals surface area contributed by atoms with Crippen LogP contribution in [0.4, 0.5) is 16.2 Å². The third kappa shape index (κ3) is 4.13. The Kier molecular flexibility index (Phi) is 6.07. The average molecular weight is 305 g/mol. The molecule has 2 atom stereocenters. The molecule has 1 fully saturated rings. The summed E-state index contributed by atoms with van der Waals surface area (Å²) in [6.45, 7) is 3.08. The van der Waals surface area contributed by atoms with Crippen LogP contribution in [0.15, 0.2) is 24.3 Å². The standard InChI is InChI=1S/C17H27N3O2/c1-3-20(2)16-11-7-6-10-15(16)19-17(22)18-14-9-5-4-8-13(14)12-21/h6-7,10-11,13-14,21H,3-5,8-9,12H2,1-2H3,(H2,18,19,22)/t13-,14-/m1/s1. The molecule has 1 aromatic carbocycles. The molecule has 1 saturated carbocycles. The van der Waals surface area contributed by atoms with Gasteiger partial charge in [0, 0.05) is 32.2 Å². The fourth-order valence-corrected chi connectivity index (χ4v) is 3.03. The van der Waals surface area contributed by atoms with Crippen molar-refractivity contribution in [1.29, 1.82) is 0 Å². The van der Waals surface area contributed by atoms with Crippen LogP contribution in [0.2, 0.25) is 0 Å². The number of anilines is 2. The van der Waals surface area contributed by atoms with Crippen molar-refractivity contribution in [2.45, 2.75) is 38.6 Å². The van der Waals surface area contributed by atoms with E-state index in [0.717, 1.165) is 43.6 Å². The van der Waals surface area contributed by atoms with E-state index in [2.05, 4.69) is 22.5 Å². The number of carbonyl (C=O) groups is 1. The minimum absolute atomic E-state index is 0.0646. The molecule has 0 spiro atoms. The Hall–Kier alpha value is -1.75. The first kappa shape index (κ1) is 16.6. The van der Waals surface area contributed by atoms with Gasteiger partial charge >= 0.3 is 6.03 Å². The highest BCUT2D eigenvalue weighted by Crippen LogP contribution is 2.26. The summed E-state index contributed by atoms with van der Waals surface area (Å²) in [5.41, 5.74) is 1.81. The molecule has 0 radical (unpaired) electrons. The number of carbonyl (C=O) groups excluding carboxylic acids is 1. The number of rotatable bonds is 5. The van der Waals surface area contributed by atoms with Crippen LogP contribution in [0.5, 0.6) is 0 Å². The van der Waals surface area contributed by atoms with E-state index in [0.29, 0.717) is 0 Å². The van der Waals surface area contributed by atoms with E-state index in [4.69, 9.17) is 0 Å². The van der Waals surface area contributed by atoms with Crippen molar-refractivity contribution in [3.63, 3.8) is 0 Å². The number of benzene rings is 1. The van der Waals surface area contributed by atoms with Crippen LogP contribution in [-0.2, 0) is 0 Å². The number of urea groups is 1. The lowest BCUT2D eigenvalue weighted by molar-refractivity contribution is 0.156. The number of amides is 2. The molecule has 122 valence electrons. The highest BCUT2D eigenvalue weighted by molar-refractivity contribution is 5.93. The normalized spacial score (nSPS) is 21.2. The molecule has 0 unspecified atom stereocenters. The van der Waals surface area contributed by atoms with E-state index in [9.17, 15) is 9.90 Å². The zero-order valence-corrected chi connectivity index (χ0v) is 13.5. The SMILES string of the molecule is CCN(C)c1ccccc1NC(=O)N[C@@H]1CCCC[C@@H]1CO. The lowest BCUT2D eigenvalue weighted by atomic mass is 9.85. The van der Waals surface area contributed by atoms with E-state index in [-0.39, 0.29) is 24.6 Å². The molecule has 0 aromatic heterocycles. The van der Waals surface area contributed by atoms with Crippen LogP contribution in [0.25, 0.3) is 0 Å². The number of para-hydroxylation sites is 2. The fraction of sp³-hybridized carbons (Fsp3) is 0.588. The van der Waals surface area contributed by atoms with Gasteiger partial charge in [0.2, 0.25) is 0 Å². The molecule has 2 amide bonds. The maximum absolute atomic E-state index is 12.3. The van der Waals surface area contributed by atoms with Crippen molar-refractivity contribution in [1.82, 2.24) is 5.32 Å². The Morgan fingerprint density at radius 3 is 2.77 bits per heavy atom. The van der Waals surface area contributed by atoms with E-state index < -0.39 is 0 Å². The van der Waals surface area contributed by atoms with Crippen LogP contribution in [0.1, 0.15) is 32.6 Å². The highest BCUT2D eigenvalue weighted by atomic mass is 16.3. The quantitative estimate of drug-likeness (QED) is 0.784. The fourth-order valence-electron chi connectivity index (χ4n) is 3.03. The minimum atomic E-state index is -0.192. The van der Waals surface area contributed by atoms with Crippen LogP contribution in [-0.4, -0.2) is 37.4 Å². The summed E-state index contributed by atoms with van der Waals surface area (Å²) < 4.78 is 0. The second-order valence-corrected chi connectivity index (χ2v) is 5.96. The molecule has 3 N–H and O–H groups in total. The van der Waals surface area contributed by atoms with Crippen molar-refractivity contribution in [2.75, 3.05) is 30.4 Å². The number of hydrogen-bond acceptors (Lipinski definition) is 3. The van der Waals surface area contributed by atoms with Gasteiger partial charge in [-0.05, 0) is 31.9 Å². The Bertz CT molecular complexity index is 493. The van der Waals surface area contributed by atoms with Crippen LogP contribution in [0, 0.1) is 5.92 Å². The second-order valence-electron chi connectivity index (χ2n) is 5.96. The van der Waals surface area contributed by atoms with E-state index >= 15 is 0 Å². The van der Waals surface area contributed by atoms with Gasteiger partial charge in [0.1, 0.15) is 0 Å². The first-order valence-electron chi connectivity index (χ1n) is 8.14.